The van der Waals surface area contributed by atoms with Crippen LogP contribution in [0.1, 0.15) is 35.4 Å². The first-order valence-electron chi connectivity index (χ1n) is 5.82. The molecule has 0 amide bonds. The van der Waals surface area contributed by atoms with Crippen LogP contribution in [0.25, 0.3) is 0 Å². The molecule has 1 N–H and O–H groups in total. The van der Waals surface area contributed by atoms with E-state index >= 15 is 0 Å². The van der Waals surface area contributed by atoms with Gasteiger partial charge in [-0.2, -0.15) is 4.98 Å². The van der Waals surface area contributed by atoms with Crippen molar-refractivity contribution in [2.45, 2.75) is 26.4 Å². The van der Waals surface area contributed by atoms with Crippen LogP contribution in [-0.2, 0) is 13.0 Å². The molecule has 0 saturated carbocycles. The number of nitrogens with zero attached hydrogens (tertiary/aromatic N) is 3. The lowest BCUT2D eigenvalue weighted by Crippen LogP contribution is -2.04. The van der Waals surface area contributed by atoms with Crippen LogP contribution >= 0.6 is 0 Å². The summed E-state index contributed by atoms with van der Waals surface area (Å²) in [7, 11) is 0. The molecule has 0 aromatic carbocycles. The van der Waals surface area contributed by atoms with Crippen molar-refractivity contribution < 1.29 is 19.2 Å². The highest BCUT2D eigenvalue weighted by atomic mass is 16.5. The molecule has 2 aromatic heterocycles. The Morgan fingerprint density at radius 2 is 2.37 bits per heavy atom. The number of aromatic nitrogens is 3. The van der Waals surface area contributed by atoms with Gasteiger partial charge < -0.3 is 14.4 Å². The largest absolute Gasteiger partial charge is 0.483 e. The summed E-state index contributed by atoms with van der Waals surface area (Å²) in [6.07, 6.45) is 4.36. The molecule has 2 aromatic rings. The van der Waals surface area contributed by atoms with Crippen LogP contribution < -0.4 is 4.74 Å². The van der Waals surface area contributed by atoms with Crippen LogP contribution in [-0.4, -0.2) is 26.2 Å². The summed E-state index contributed by atoms with van der Waals surface area (Å²) in [4.78, 5) is 18.9. The molecule has 0 saturated heterocycles. The normalized spacial score (nSPS) is 10.4. The van der Waals surface area contributed by atoms with E-state index in [2.05, 4.69) is 15.1 Å². The molecular weight excluding hydrogens is 250 g/mol. The molecule has 19 heavy (non-hydrogen) atoms. The smallest absolute Gasteiger partial charge is 0.339 e. The summed E-state index contributed by atoms with van der Waals surface area (Å²) >= 11 is 0. The second-order valence-electron chi connectivity index (χ2n) is 3.82. The molecule has 0 radical (unpaired) electrons. The fourth-order valence-electron chi connectivity index (χ4n) is 1.48. The minimum atomic E-state index is -1.07. The van der Waals surface area contributed by atoms with E-state index in [0.29, 0.717) is 18.1 Å². The lowest BCUT2D eigenvalue weighted by atomic mass is 10.2. The Morgan fingerprint density at radius 1 is 1.53 bits per heavy atom. The average Bonchev–Trinajstić information content (AvgIpc) is 2.85. The van der Waals surface area contributed by atoms with Crippen molar-refractivity contribution in [3.63, 3.8) is 0 Å². The van der Waals surface area contributed by atoms with Gasteiger partial charge in [-0.15, -0.1) is 0 Å². The molecule has 2 heterocycles. The molecule has 7 nitrogen and oxygen atoms in total. The Morgan fingerprint density at radius 3 is 3.11 bits per heavy atom. The maximum atomic E-state index is 11.0. The van der Waals surface area contributed by atoms with Crippen LogP contribution in [0.4, 0.5) is 0 Å². The number of hydrogen-bond acceptors (Lipinski definition) is 6. The number of ether oxygens (including phenoxy) is 1. The first-order valence-corrected chi connectivity index (χ1v) is 5.82. The van der Waals surface area contributed by atoms with E-state index in [1.807, 2.05) is 6.92 Å². The molecule has 7 heteroatoms. The van der Waals surface area contributed by atoms with Gasteiger partial charge >= 0.3 is 5.97 Å². The minimum absolute atomic E-state index is 0.0409. The highest BCUT2D eigenvalue weighted by Crippen LogP contribution is 2.17. The molecular formula is C12H13N3O4. The minimum Gasteiger partial charge on any atom is -0.483 e. The van der Waals surface area contributed by atoms with Gasteiger partial charge in [0.1, 0.15) is 5.56 Å². The molecule has 0 unspecified atom stereocenters. The van der Waals surface area contributed by atoms with E-state index < -0.39 is 5.97 Å². The third-order valence-electron chi connectivity index (χ3n) is 2.35. The lowest BCUT2D eigenvalue weighted by molar-refractivity contribution is 0.0691. The van der Waals surface area contributed by atoms with Gasteiger partial charge in [0.2, 0.25) is 11.7 Å². The number of aryl methyl sites for hydroxylation is 1. The van der Waals surface area contributed by atoms with Gasteiger partial charge in [-0.1, -0.05) is 12.1 Å². The summed E-state index contributed by atoms with van der Waals surface area (Å²) in [6, 6.07) is 1.37. The van der Waals surface area contributed by atoms with Crippen LogP contribution in [0.3, 0.4) is 0 Å². The van der Waals surface area contributed by atoms with Gasteiger partial charge in [0.25, 0.3) is 0 Å². The summed E-state index contributed by atoms with van der Waals surface area (Å²) in [5.41, 5.74) is 0.0484. The van der Waals surface area contributed by atoms with Crippen molar-refractivity contribution in [2.75, 3.05) is 0 Å². The summed E-state index contributed by atoms with van der Waals surface area (Å²) < 4.78 is 10.3. The molecule has 0 aliphatic heterocycles. The van der Waals surface area contributed by atoms with Gasteiger partial charge in [0.15, 0.2) is 12.4 Å². The lowest BCUT2D eigenvalue weighted by Gasteiger charge is -2.05. The molecule has 0 aliphatic carbocycles. The summed E-state index contributed by atoms with van der Waals surface area (Å²) in [5.74, 6) is 0.0309. The zero-order valence-corrected chi connectivity index (χ0v) is 10.4. The van der Waals surface area contributed by atoms with E-state index in [1.54, 1.807) is 0 Å². The van der Waals surface area contributed by atoms with Gasteiger partial charge in [0.05, 0.1) is 6.20 Å². The molecule has 0 atom stereocenters. The zero-order chi connectivity index (χ0) is 13.7. The Labute approximate surface area is 109 Å². The predicted molar refractivity (Wildman–Crippen MR) is 63.8 cm³/mol. The highest BCUT2D eigenvalue weighted by Gasteiger charge is 2.12. The van der Waals surface area contributed by atoms with Crippen molar-refractivity contribution in [1.82, 2.24) is 15.1 Å². The molecule has 2 rings (SSSR count). The third kappa shape index (κ3) is 3.27. The summed E-state index contributed by atoms with van der Waals surface area (Å²) in [5, 5.41) is 12.7. The Kier molecular flexibility index (Phi) is 4.07. The number of pyridine rings is 1. The maximum Gasteiger partial charge on any atom is 0.339 e. The van der Waals surface area contributed by atoms with Crippen molar-refractivity contribution in [3.8, 4) is 5.75 Å². The third-order valence-corrected chi connectivity index (χ3v) is 2.35. The van der Waals surface area contributed by atoms with Crippen LogP contribution in [0, 0.1) is 0 Å². The van der Waals surface area contributed by atoms with Gasteiger partial charge in [-0.3, -0.25) is 4.98 Å². The second kappa shape index (κ2) is 5.94. The molecule has 0 spiro atoms. The van der Waals surface area contributed by atoms with Crippen LogP contribution in [0.5, 0.6) is 5.75 Å². The SMILES string of the molecule is CCCc1nc(COc2cnccc2C(=O)O)no1. The standard InChI is InChI=1S/C12H13N3O4/c1-2-3-11-14-10(15-19-11)7-18-9-6-13-5-4-8(9)12(16)17/h4-6H,2-3,7H2,1H3,(H,16,17). The first kappa shape index (κ1) is 13.0. The average molecular weight is 263 g/mol. The van der Waals surface area contributed by atoms with Crippen LogP contribution in [0.15, 0.2) is 23.0 Å². The maximum absolute atomic E-state index is 11.0. The van der Waals surface area contributed by atoms with Gasteiger partial charge in [0, 0.05) is 12.6 Å². The quantitative estimate of drug-likeness (QED) is 0.846. The number of carboxylic acids is 1. The monoisotopic (exact) mass is 263 g/mol. The number of carboxylic acid groups (broad SMARTS) is 1. The number of hydrogen-bond donors (Lipinski definition) is 1. The van der Waals surface area contributed by atoms with Crippen molar-refractivity contribution in [2.24, 2.45) is 0 Å². The Bertz CT molecular complexity index is 568. The molecule has 0 bridgehead atoms. The second-order valence-corrected chi connectivity index (χ2v) is 3.82. The zero-order valence-electron chi connectivity index (χ0n) is 10.4. The number of carbonyl (C=O) groups is 1. The van der Waals surface area contributed by atoms with Gasteiger partial charge in [-0.05, 0) is 12.5 Å². The molecule has 0 fully saturated rings. The fourth-order valence-corrected chi connectivity index (χ4v) is 1.48. The topological polar surface area (TPSA) is 98.3 Å². The molecule has 0 aliphatic rings. The fraction of sp³-hybridized carbons (Fsp3) is 0.333. The van der Waals surface area contributed by atoms with Crippen molar-refractivity contribution in [3.05, 3.63) is 35.7 Å². The van der Waals surface area contributed by atoms with Crippen molar-refractivity contribution >= 4 is 5.97 Å². The van der Waals surface area contributed by atoms with E-state index in [4.69, 9.17) is 14.4 Å². The number of rotatable bonds is 6. The van der Waals surface area contributed by atoms with E-state index in [-0.39, 0.29) is 17.9 Å². The summed E-state index contributed by atoms with van der Waals surface area (Å²) in [6.45, 7) is 2.05. The van der Waals surface area contributed by atoms with E-state index in [0.717, 1.165) is 6.42 Å². The first-order chi connectivity index (χ1) is 9.20. The Hall–Kier alpha value is -2.44. The number of aromatic carboxylic acids is 1. The predicted octanol–water partition coefficient (Wildman–Crippen LogP) is 1.69. The highest BCUT2D eigenvalue weighted by molar-refractivity contribution is 5.90. The van der Waals surface area contributed by atoms with Gasteiger partial charge in [-0.25, -0.2) is 4.79 Å². The van der Waals surface area contributed by atoms with Crippen molar-refractivity contribution in [1.29, 1.82) is 0 Å². The van der Waals surface area contributed by atoms with Crippen LogP contribution in [0.2, 0.25) is 0 Å². The van der Waals surface area contributed by atoms with E-state index in [1.165, 1.54) is 18.5 Å². The molecule has 100 valence electrons. The van der Waals surface area contributed by atoms with E-state index in [9.17, 15) is 4.79 Å². The Balaban J connectivity index is 2.03.